The molecule has 0 radical (unpaired) electrons. The third kappa shape index (κ3) is 4.80. The highest BCUT2D eigenvalue weighted by molar-refractivity contribution is 5.76. The maximum atomic E-state index is 13.3. The Morgan fingerprint density at radius 1 is 1.36 bits per heavy atom. The maximum Gasteiger partial charge on any atom is 0.220 e. The predicted molar refractivity (Wildman–Crippen MR) is 77.4 cm³/mol. The van der Waals surface area contributed by atoms with Crippen molar-refractivity contribution in [1.82, 2.24) is 5.32 Å². The summed E-state index contributed by atoms with van der Waals surface area (Å²) in [5, 5.41) is 11.8. The second-order valence-corrected chi connectivity index (χ2v) is 5.26. The van der Waals surface area contributed by atoms with Gasteiger partial charge in [-0.2, -0.15) is 0 Å². The van der Waals surface area contributed by atoms with Crippen LogP contribution in [-0.2, 0) is 4.79 Å². The second-order valence-electron chi connectivity index (χ2n) is 5.26. The van der Waals surface area contributed by atoms with Gasteiger partial charge in [-0.05, 0) is 25.0 Å². The first-order valence-electron chi connectivity index (χ1n) is 7.25. The molecule has 1 aromatic carbocycles. The predicted octanol–water partition coefficient (Wildman–Crippen LogP) is 2.18. The number of benzene rings is 1. The fraction of sp³-hybridized carbons (Fsp3) is 0.438. The molecule has 120 valence electrons. The van der Waals surface area contributed by atoms with Gasteiger partial charge >= 0.3 is 0 Å². The lowest BCUT2D eigenvalue weighted by atomic mass is 10.1. The highest BCUT2D eigenvalue weighted by Crippen LogP contribution is 2.18. The lowest BCUT2D eigenvalue weighted by Crippen LogP contribution is -2.32. The normalized spacial score (nSPS) is 20.1. The van der Waals surface area contributed by atoms with Gasteiger partial charge in [-0.1, -0.05) is 12.2 Å². The number of halogens is 2. The number of ether oxygens (including phenoxy) is 1. The van der Waals surface area contributed by atoms with E-state index in [2.05, 4.69) is 5.32 Å². The zero-order valence-corrected chi connectivity index (χ0v) is 12.1. The van der Waals surface area contributed by atoms with Crippen molar-refractivity contribution in [2.75, 3.05) is 13.2 Å². The van der Waals surface area contributed by atoms with Gasteiger partial charge in [0, 0.05) is 31.1 Å². The molecule has 22 heavy (non-hydrogen) atoms. The summed E-state index contributed by atoms with van der Waals surface area (Å²) in [5.74, 6) is -1.44. The van der Waals surface area contributed by atoms with Crippen LogP contribution in [0.15, 0.2) is 30.4 Å². The molecule has 2 rings (SSSR count). The van der Waals surface area contributed by atoms with Gasteiger partial charge in [-0.15, -0.1) is 0 Å². The largest absolute Gasteiger partial charge is 0.491 e. The van der Waals surface area contributed by atoms with Gasteiger partial charge in [0.15, 0.2) is 11.6 Å². The fourth-order valence-electron chi connectivity index (χ4n) is 2.30. The minimum absolute atomic E-state index is 0.0219. The average Bonchev–Trinajstić information content (AvgIpc) is 2.93. The Bertz CT molecular complexity index is 548. The topological polar surface area (TPSA) is 58.6 Å². The molecule has 0 bridgehead atoms. The number of aliphatic hydroxyl groups is 1. The van der Waals surface area contributed by atoms with Crippen molar-refractivity contribution in [3.8, 4) is 5.75 Å². The second kappa shape index (κ2) is 7.89. The molecule has 0 fully saturated rings. The molecule has 0 unspecified atom stereocenters. The van der Waals surface area contributed by atoms with E-state index in [-0.39, 0.29) is 43.3 Å². The third-order valence-electron chi connectivity index (χ3n) is 3.45. The van der Waals surface area contributed by atoms with Crippen LogP contribution >= 0.6 is 0 Å². The molecule has 6 heteroatoms. The standard InChI is InChI=1S/C16H19F2NO3/c17-12-4-6-15(14(18)9-12)22-7-1-2-16(21)19-13-5-3-11(8-13)10-20/h3-6,9,11,13,20H,1-2,7-8,10H2,(H,19,21)/t11-,13+/m0/s1. The van der Waals surface area contributed by atoms with E-state index in [1.165, 1.54) is 6.07 Å². The summed E-state index contributed by atoms with van der Waals surface area (Å²) in [5.41, 5.74) is 0. The first-order chi connectivity index (χ1) is 10.6. The summed E-state index contributed by atoms with van der Waals surface area (Å²) < 4.78 is 31.2. The van der Waals surface area contributed by atoms with E-state index in [1.54, 1.807) is 0 Å². The minimum Gasteiger partial charge on any atom is -0.491 e. The van der Waals surface area contributed by atoms with E-state index in [0.29, 0.717) is 12.8 Å². The van der Waals surface area contributed by atoms with E-state index in [9.17, 15) is 13.6 Å². The molecular weight excluding hydrogens is 292 g/mol. The summed E-state index contributed by atoms with van der Waals surface area (Å²) >= 11 is 0. The van der Waals surface area contributed by atoms with Crippen LogP contribution in [0.4, 0.5) is 8.78 Å². The molecule has 1 aliphatic rings. The van der Waals surface area contributed by atoms with Crippen molar-refractivity contribution in [1.29, 1.82) is 0 Å². The zero-order chi connectivity index (χ0) is 15.9. The number of rotatable bonds is 7. The number of carbonyl (C=O) groups is 1. The Balaban J connectivity index is 1.64. The average molecular weight is 311 g/mol. The Morgan fingerprint density at radius 3 is 2.86 bits per heavy atom. The first kappa shape index (κ1) is 16.4. The maximum absolute atomic E-state index is 13.3. The van der Waals surface area contributed by atoms with Crippen LogP contribution in [0.25, 0.3) is 0 Å². The highest BCUT2D eigenvalue weighted by atomic mass is 19.1. The lowest BCUT2D eigenvalue weighted by molar-refractivity contribution is -0.121. The molecule has 2 atom stereocenters. The minimum atomic E-state index is -0.754. The molecule has 4 nitrogen and oxygen atoms in total. The summed E-state index contributed by atoms with van der Waals surface area (Å²) in [4.78, 5) is 11.7. The number of nitrogens with one attached hydrogen (secondary N) is 1. The smallest absolute Gasteiger partial charge is 0.220 e. The molecule has 0 spiro atoms. The zero-order valence-electron chi connectivity index (χ0n) is 12.1. The Hall–Kier alpha value is -1.95. The van der Waals surface area contributed by atoms with Gasteiger partial charge in [0.1, 0.15) is 5.82 Å². The Morgan fingerprint density at radius 2 is 2.18 bits per heavy atom. The van der Waals surface area contributed by atoms with Crippen molar-refractivity contribution >= 4 is 5.91 Å². The van der Waals surface area contributed by atoms with Crippen molar-refractivity contribution in [3.05, 3.63) is 42.0 Å². The SMILES string of the molecule is O=C(CCCOc1ccc(F)cc1F)N[C@@H]1C=C[C@H](CO)C1. The molecule has 1 amide bonds. The molecule has 0 aromatic heterocycles. The van der Waals surface area contributed by atoms with E-state index in [0.717, 1.165) is 12.1 Å². The molecule has 1 aliphatic carbocycles. The molecule has 0 aliphatic heterocycles. The van der Waals surface area contributed by atoms with Crippen LogP contribution in [0.1, 0.15) is 19.3 Å². The van der Waals surface area contributed by atoms with Gasteiger partial charge in [-0.3, -0.25) is 4.79 Å². The van der Waals surface area contributed by atoms with E-state index < -0.39 is 11.6 Å². The monoisotopic (exact) mass is 311 g/mol. The number of amides is 1. The van der Waals surface area contributed by atoms with Crippen LogP contribution < -0.4 is 10.1 Å². The van der Waals surface area contributed by atoms with Gasteiger partial charge in [0.25, 0.3) is 0 Å². The van der Waals surface area contributed by atoms with Gasteiger partial charge in [0.2, 0.25) is 5.91 Å². The fourth-order valence-corrected chi connectivity index (χ4v) is 2.30. The Kier molecular flexibility index (Phi) is 5.89. The van der Waals surface area contributed by atoms with Crippen LogP contribution in [0.5, 0.6) is 5.75 Å². The molecule has 0 saturated carbocycles. The molecule has 2 N–H and O–H groups in total. The Labute approximate surface area is 127 Å². The van der Waals surface area contributed by atoms with Crippen LogP contribution in [0.3, 0.4) is 0 Å². The van der Waals surface area contributed by atoms with Gasteiger partial charge in [-0.25, -0.2) is 8.78 Å². The summed E-state index contributed by atoms with van der Waals surface area (Å²) in [7, 11) is 0. The molecule has 0 heterocycles. The van der Waals surface area contributed by atoms with Crippen LogP contribution in [0.2, 0.25) is 0 Å². The van der Waals surface area contributed by atoms with E-state index in [1.807, 2.05) is 12.2 Å². The van der Waals surface area contributed by atoms with Crippen LogP contribution in [0, 0.1) is 17.6 Å². The molecular formula is C16H19F2NO3. The van der Waals surface area contributed by atoms with Crippen molar-refractivity contribution in [2.24, 2.45) is 5.92 Å². The summed E-state index contributed by atoms with van der Waals surface area (Å²) in [6.07, 6.45) is 5.17. The van der Waals surface area contributed by atoms with Crippen molar-refractivity contribution in [3.63, 3.8) is 0 Å². The highest BCUT2D eigenvalue weighted by Gasteiger charge is 2.19. The lowest BCUT2D eigenvalue weighted by Gasteiger charge is -2.13. The first-order valence-corrected chi connectivity index (χ1v) is 7.25. The van der Waals surface area contributed by atoms with Gasteiger partial charge in [0.05, 0.1) is 6.61 Å². The number of carbonyl (C=O) groups excluding carboxylic acids is 1. The number of hydrogen-bond acceptors (Lipinski definition) is 3. The number of hydrogen-bond donors (Lipinski definition) is 2. The number of aliphatic hydroxyl groups excluding tert-OH is 1. The van der Waals surface area contributed by atoms with Crippen molar-refractivity contribution < 1.29 is 23.4 Å². The van der Waals surface area contributed by atoms with Crippen LogP contribution in [-0.4, -0.2) is 30.3 Å². The molecule has 1 aromatic rings. The summed E-state index contributed by atoms with van der Waals surface area (Å²) in [6, 6.07) is 3.06. The van der Waals surface area contributed by atoms with E-state index in [4.69, 9.17) is 9.84 Å². The van der Waals surface area contributed by atoms with Gasteiger partial charge < -0.3 is 15.2 Å². The quantitative estimate of drug-likeness (QED) is 0.599. The van der Waals surface area contributed by atoms with E-state index >= 15 is 0 Å². The molecule has 0 saturated heterocycles. The summed E-state index contributed by atoms with van der Waals surface area (Å²) in [6.45, 7) is 0.260. The third-order valence-corrected chi connectivity index (χ3v) is 3.45. The van der Waals surface area contributed by atoms with Crippen molar-refractivity contribution in [2.45, 2.75) is 25.3 Å².